The first kappa shape index (κ1) is 20.1. The van der Waals surface area contributed by atoms with Gasteiger partial charge >= 0.3 is 5.97 Å². The summed E-state index contributed by atoms with van der Waals surface area (Å²) in [6.45, 7) is 6.05. The van der Waals surface area contributed by atoms with Crippen molar-refractivity contribution in [2.24, 2.45) is 5.92 Å². The predicted molar refractivity (Wildman–Crippen MR) is 116 cm³/mol. The van der Waals surface area contributed by atoms with Crippen molar-refractivity contribution in [1.29, 1.82) is 0 Å². The lowest BCUT2D eigenvalue weighted by atomic mass is 9.86. The molecule has 0 spiro atoms. The Labute approximate surface area is 177 Å². The van der Waals surface area contributed by atoms with E-state index in [4.69, 9.17) is 0 Å². The second-order valence-electron chi connectivity index (χ2n) is 8.02. The summed E-state index contributed by atoms with van der Waals surface area (Å²) in [6.07, 6.45) is 0.789. The highest BCUT2D eigenvalue weighted by atomic mass is 79.9. The zero-order valence-electron chi connectivity index (χ0n) is 16.7. The minimum Gasteiger partial charge on any atom is -0.481 e. The Hall–Kier alpha value is -2.18. The zero-order valence-corrected chi connectivity index (χ0v) is 18.3. The summed E-state index contributed by atoms with van der Waals surface area (Å²) in [6, 6.07) is 11.0. The van der Waals surface area contributed by atoms with Gasteiger partial charge in [0, 0.05) is 39.2 Å². The van der Waals surface area contributed by atoms with Gasteiger partial charge in [0.1, 0.15) is 5.82 Å². The lowest BCUT2D eigenvalue weighted by molar-refractivity contribution is -0.142. The fourth-order valence-electron chi connectivity index (χ4n) is 4.50. The van der Waals surface area contributed by atoms with E-state index in [1.807, 2.05) is 25.1 Å². The number of para-hydroxylation sites is 1. The van der Waals surface area contributed by atoms with Crippen molar-refractivity contribution in [1.82, 2.24) is 9.88 Å². The van der Waals surface area contributed by atoms with Crippen LogP contribution in [0.3, 0.4) is 0 Å². The van der Waals surface area contributed by atoms with E-state index >= 15 is 4.39 Å². The van der Waals surface area contributed by atoms with Crippen molar-refractivity contribution < 1.29 is 14.3 Å². The van der Waals surface area contributed by atoms with Crippen molar-refractivity contribution in [3.8, 4) is 0 Å². The van der Waals surface area contributed by atoms with Gasteiger partial charge in [-0.1, -0.05) is 41.1 Å². The van der Waals surface area contributed by atoms with Gasteiger partial charge in [0.15, 0.2) is 0 Å². The van der Waals surface area contributed by atoms with Crippen LogP contribution in [-0.2, 0) is 11.2 Å². The van der Waals surface area contributed by atoms with E-state index in [1.54, 1.807) is 13.0 Å². The van der Waals surface area contributed by atoms with Crippen molar-refractivity contribution in [3.05, 3.63) is 69.1 Å². The number of benzene rings is 2. The molecule has 0 bridgehead atoms. The third-order valence-electron chi connectivity index (χ3n) is 6.09. The maximum Gasteiger partial charge on any atom is 0.307 e. The van der Waals surface area contributed by atoms with Gasteiger partial charge in [-0.15, -0.1) is 0 Å². The minimum atomic E-state index is -0.843. The standard InChI is InChI=1S/C23H24BrFN2O2/c1-12(23(28)29)11-27-13(2)10-16-15-6-4-5-7-19(15)26-21(16)22(27)20-14(3)17(24)8-9-18(20)25/h4-9,12-13,22,26H,10-11H2,1-3H3,(H,28,29)/t12-,13+,22+/m0/s1. The molecule has 6 heteroatoms. The molecule has 29 heavy (non-hydrogen) atoms. The van der Waals surface area contributed by atoms with E-state index in [-0.39, 0.29) is 17.9 Å². The maximum absolute atomic E-state index is 15.2. The summed E-state index contributed by atoms with van der Waals surface area (Å²) >= 11 is 3.54. The van der Waals surface area contributed by atoms with Gasteiger partial charge < -0.3 is 10.1 Å². The van der Waals surface area contributed by atoms with Crippen LogP contribution in [0.4, 0.5) is 4.39 Å². The highest BCUT2D eigenvalue weighted by Crippen LogP contribution is 2.43. The smallest absolute Gasteiger partial charge is 0.307 e. The molecule has 0 amide bonds. The lowest BCUT2D eigenvalue weighted by Gasteiger charge is -2.42. The third-order valence-corrected chi connectivity index (χ3v) is 6.95. The fraction of sp³-hybridized carbons (Fsp3) is 0.348. The van der Waals surface area contributed by atoms with E-state index in [0.29, 0.717) is 12.1 Å². The molecule has 0 fully saturated rings. The first-order valence-corrected chi connectivity index (χ1v) is 10.6. The number of carboxylic acids is 1. The molecule has 0 saturated heterocycles. The van der Waals surface area contributed by atoms with Gasteiger partial charge in [0.25, 0.3) is 0 Å². The molecular weight excluding hydrogens is 435 g/mol. The molecule has 2 N–H and O–H groups in total. The Morgan fingerprint density at radius 3 is 2.79 bits per heavy atom. The number of nitrogens with zero attached hydrogens (tertiary/aromatic N) is 1. The summed E-state index contributed by atoms with van der Waals surface area (Å²) in [5, 5.41) is 10.7. The topological polar surface area (TPSA) is 56.3 Å². The number of aromatic nitrogens is 1. The third kappa shape index (κ3) is 3.38. The van der Waals surface area contributed by atoms with E-state index in [2.05, 4.69) is 38.8 Å². The number of nitrogens with one attached hydrogen (secondary N) is 1. The fourth-order valence-corrected chi connectivity index (χ4v) is 4.85. The molecule has 2 heterocycles. The van der Waals surface area contributed by atoms with Gasteiger partial charge in [-0.25, -0.2) is 4.39 Å². The maximum atomic E-state index is 15.2. The molecular formula is C23H24BrFN2O2. The summed E-state index contributed by atoms with van der Waals surface area (Å²) in [4.78, 5) is 17.2. The Balaban J connectivity index is 1.96. The predicted octanol–water partition coefficient (Wildman–Crippen LogP) is 5.43. The van der Waals surface area contributed by atoms with Crippen molar-refractivity contribution in [2.45, 2.75) is 39.3 Å². The Bertz CT molecular complexity index is 1090. The second-order valence-corrected chi connectivity index (χ2v) is 8.88. The Kier molecular flexibility index (Phi) is 5.25. The van der Waals surface area contributed by atoms with Crippen LogP contribution in [-0.4, -0.2) is 33.5 Å². The van der Waals surface area contributed by atoms with Crippen molar-refractivity contribution >= 4 is 32.8 Å². The Morgan fingerprint density at radius 1 is 1.34 bits per heavy atom. The molecule has 152 valence electrons. The molecule has 4 rings (SSSR count). The van der Waals surface area contributed by atoms with Crippen LogP contribution < -0.4 is 0 Å². The first-order chi connectivity index (χ1) is 13.8. The van der Waals surface area contributed by atoms with E-state index in [1.165, 1.54) is 11.6 Å². The number of halogens is 2. The molecule has 2 aromatic carbocycles. The molecule has 1 aromatic heterocycles. The average molecular weight is 459 g/mol. The minimum absolute atomic E-state index is 0.0753. The molecule has 0 radical (unpaired) electrons. The number of aliphatic carboxylic acids is 1. The van der Waals surface area contributed by atoms with Crippen molar-refractivity contribution in [3.63, 3.8) is 0 Å². The van der Waals surface area contributed by atoms with Gasteiger partial charge in [-0.05, 0) is 49.6 Å². The number of fused-ring (bicyclic) bond motifs is 3. The van der Waals surface area contributed by atoms with E-state index in [0.717, 1.165) is 33.1 Å². The number of aromatic amines is 1. The molecule has 0 saturated carbocycles. The van der Waals surface area contributed by atoms with Crippen LogP contribution in [0.5, 0.6) is 0 Å². The highest BCUT2D eigenvalue weighted by Gasteiger charge is 2.39. The van der Waals surface area contributed by atoms with Crippen LogP contribution >= 0.6 is 15.9 Å². The first-order valence-electron chi connectivity index (χ1n) is 9.82. The monoisotopic (exact) mass is 458 g/mol. The molecule has 1 aliphatic heterocycles. The lowest BCUT2D eigenvalue weighted by Crippen LogP contribution is -2.46. The summed E-state index contributed by atoms with van der Waals surface area (Å²) in [5.74, 6) is -1.67. The van der Waals surface area contributed by atoms with E-state index in [9.17, 15) is 9.90 Å². The number of H-pyrrole nitrogens is 1. The number of hydrogen-bond acceptors (Lipinski definition) is 2. The van der Waals surface area contributed by atoms with Gasteiger partial charge in [-0.3, -0.25) is 9.69 Å². The van der Waals surface area contributed by atoms with Gasteiger partial charge in [0.05, 0.1) is 12.0 Å². The van der Waals surface area contributed by atoms with Crippen LogP contribution in [0.1, 0.15) is 42.3 Å². The highest BCUT2D eigenvalue weighted by molar-refractivity contribution is 9.10. The Morgan fingerprint density at radius 2 is 2.07 bits per heavy atom. The molecule has 3 aromatic rings. The van der Waals surface area contributed by atoms with Crippen LogP contribution in [0.15, 0.2) is 40.9 Å². The number of carboxylic acid groups (broad SMARTS) is 1. The average Bonchev–Trinajstić information content (AvgIpc) is 3.05. The molecule has 1 aliphatic rings. The normalized spacial score (nSPS) is 20.6. The van der Waals surface area contributed by atoms with Gasteiger partial charge in [0.2, 0.25) is 0 Å². The largest absolute Gasteiger partial charge is 0.481 e. The number of hydrogen-bond donors (Lipinski definition) is 2. The molecule has 0 unspecified atom stereocenters. The summed E-state index contributed by atoms with van der Waals surface area (Å²) in [5.41, 5.74) is 4.60. The van der Waals surface area contributed by atoms with Crippen LogP contribution in [0, 0.1) is 18.7 Å². The SMILES string of the molecule is Cc1c(Br)ccc(F)c1[C@@H]1c2[nH]c3ccccc3c2C[C@@H](C)N1C[C@H](C)C(=O)O. The summed E-state index contributed by atoms with van der Waals surface area (Å²) < 4.78 is 16.0. The zero-order chi connectivity index (χ0) is 20.9. The molecule has 4 nitrogen and oxygen atoms in total. The summed E-state index contributed by atoms with van der Waals surface area (Å²) in [7, 11) is 0. The van der Waals surface area contributed by atoms with Crippen LogP contribution in [0.2, 0.25) is 0 Å². The molecule has 0 aliphatic carbocycles. The molecule has 3 atom stereocenters. The van der Waals surface area contributed by atoms with Crippen molar-refractivity contribution in [2.75, 3.05) is 6.54 Å². The van der Waals surface area contributed by atoms with Gasteiger partial charge in [-0.2, -0.15) is 0 Å². The quantitative estimate of drug-likeness (QED) is 0.547. The number of carbonyl (C=O) groups is 1. The van der Waals surface area contributed by atoms with E-state index < -0.39 is 11.9 Å². The number of rotatable bonds is 4. The van der Waals surface area contributed by atoms with Crippen LogP contribution in [0.25, 0.3) is 10.9 Å². The second kappa shape index (κ2) is 7.58.